The van der Waals surface area contributed by atoms with Gasteiger partial charge in [0.25, 0.3) is 5.09 Å². The molecule has 1 aromatic heterocycles. The van der Waals surface area contributed by atoms with E-state index in [2.05, 4.69) is 4.98 Å². The number of hydrogen-bond acceptors (Lipinski definition) is 5. The molecule has 0 aliphatic heterocycles. The lowest BCUT2D eigenvalue weighted by Gasteiger charge is -2.13. The largest absolute Gasteiger partial charge is 0.490 e. The van der Waals surface area contributed by atoms with Crippen LogP contribution in [0.1, 0.15) is 5.56 Å². The van der Waals surface area contributed by atoms with Crippen molar-refractivity contribution in [1.82, 2.24) is 9.55 Å². The van der Waals surface area contributed by atoms with E-state index in [0.717, 1.165) is 11.3 Å². The molecule has 0 amide bonds. The van der Waals surface area contributed by atoms with Gasteiger partial charge in [0.1, 0.15) is 24.7 Å². The molecular weight excluding hydrogens is 457 g/mol. The van der Waals surface area contributed by atoms with Crippen LogP contribution >= 0.6 is 34.8 Å². The number of rotatable bonds is 7. The molecule has 30 heavy (non-hydrogen) atoms. The highest BCUT2D eigenvalue weighted by Crippen LogP contribution is 2.28. The first-order valence-electron chi connectivity index (χ1n) is 8.34. The molecule has 3 rings (SSSR count). The van der Waals surface area contributed by atoms with Crippen LogP contribution in [0, 0.1) is 10.1 Å². The molecule has 0 saturated heterocycles. The van der Waals surface area contributed by atoms with E-state index >= 15 is 0 Å². The quantitative estimate of drug-likeness (QED) is 0.209. The van der Waals surface area contributed by atoms with Gasteiger partial charge in [0.05, 0.1) is 17.5 Å². The summed E-state index contributed by atoms with van der Waals surface area (Å²) in [6.45, 7) is 0.705. The summed E-state index contributed by atoms with van der Waals surface area (Å²) in [4.78, 5) is 12.4. The first-order valence-corrected chi connectivity index (χ1v) is 9.47. The van der Waals surface area contributed by atoms with Crippen molar-refractivity contribution in [3.8, 4) is 5.75 Å². The monoisotopic (exact) mass is 471 g/mol. The fraction of sp³-hybridized carbons (Fsp3) is 0.105. The minimum absolute atomic E-state index is 0.335. The Morgan fingerprint density at radius 1 is 1.13 bits per heavy atom. The maximum atomic E-state index is 8.36. The second-order valence-corrected chi connectivity index (χ2v) is 6.80. The number of hydrogen-bond donors (Lipinski definition) is 1. The molecule has 0 bridgehead atoms. The number of halogens is 3. The van der Waals surface area contributed by atoms with Crippen LogP contribution in [-0.2, 0) is 4.74 Å². The molecule has 1 N–H and O–H groups in total. The van der Waals surface area contributed by atoms with Crippen LogP contribution in [-0.4, -0.2) is 33.1 Å². The molecule has 3 aromatic rings. The molecule has 8 nitrogen and oxygen atoms in total. The van der Waals surface area contributed by atoms with Crippen molar-refractivity contribution in [1.29, 1.82) is 0 Å². The average Bonchev–Trinajstić information content (AvgIpc) is 3.19. The smallest absolute Gasteiger partial charge is 0.291 e. The third kappa shape index (κ3) is 8.20. The van der Waals surface area contributed by atoms with Gasteiger partial charge < -0.3 is 19.2 Å². The van der Waals surface area contributed by atoms with E-state index in [9.17, 15) is 0 Å². The Morgan fingerprint density at radius 3 is 2.40 bits per heavy atom. The van der Waals surface area contributed by atoms with E-state index in [4.69, 9.17) is 59.6 Å². The Labute approximate surface area is 186 Å². The third-order valence-electron chi connectivity index (χ3n) is 3.41. The Morgan fingerprint density at radius 2 is 1.80 bits per heavy atom. The van der Waals surface area contributed by atoms with E-state index in [1.54, 1.807) is 65.9 Å². The van der Waals surface area contributed by atoms with Crippen LogP contribution in [0.5, 0.6) is 5.75 Å². The third-order valence-corrected chi connectivity index (χ3v) is 4.21. The van der Waals surface area contributed by atoms with Crippen molar-refractivity contribution >= 4 is 46.8 Å². The van der Waals surface area contributed by atoms with Gasteiger partial charge in [0.15, 0.2) is 0 Å². The summed E-state index contributed by atoms with van der Waals surface area (Å²) in [5.41, 5.74) is 0.733. The molecule has 2 aromatic carbocycles. The first kappa shape index (κ1) is 23.3. The van der Waals surface area contributed by atoms with Crippen molar-refractivity contribution in [2.24, 2.45) is 0 Å². The van der Waals surface area contributed by atoms with Crippen LogP contribution in [0.15, 0.2) is 61.2 Å². The minimum Gasteiger partial charge on any atom is -0.490 e. The zero-order valence-corrected chi connectivity index (χ0v) is 17.6. The lowest BCUT2D eigenvalue weighted by molar-refractivity contribution is -0.742. The van der Waals surface area contributed by atoms with E-state index in [0.29, 0.717) is 34.0 Å². The number of benzene rings is 2. The highest BCUT2D eigenvalue weighted by atomic mass is 35.5. The highest BCUT2D eigenvalue weighted by molar-refractivity contribution is 6.35. The van der Waals surface area contributed by atoms with Crippen molar-refractivity contribution in [3.05, 3.63) is 91.9 Å². The molecule has 0 unspecified atom stereocenters. The number of imidazole rings is 1. The summed E-state index contributed by atoms with van der Waals surface area (Å²) in [6.07, 6.45) is 6.94. The predicted octanol–water partition coefficient (Wildman–Crippen LogP) is 5.55. The SMILES string of the molecule is Clc1ccc(OCCO/C(=C/n2ccnc2)c2ccc(Cl)cc2Cl)cc1.O=[N+]([O-])O. The van der Waals surface area contributed by atoms with Crippen molar-refractivity contribution in [2.75, 3.05) is 13.2 Å². The number of ether oxygens (including phenoxy) is 2. The summed E-state index contributed by atoms with van der Waals surface area (Å²) >= 11 is 18.2. The van der Waals surface area contributed by atoms with Crippen LogP contribution < -0.4 is 4.74 Å². The molecule has 0 aliphatic carbocycles. The molecule has 0 spiro atoms. The lowest BCUT2D eigenvalue weighted by Crippen LogP contribution is -2.07. The van der Waals surface area contributed by atoms with Gasteiger partial charge in [0.2, 0.25) is 0 Å². The van der Waals surface area contributed by atoms with E-state index in [1.807, 2.05) is 6.07 Å². The van der Waals surface area contributed by atoms with Crippen LogP contribution in [0.3, 0.4) is 0 Å². The fourth-order valence-electron chi connectivity index (χ4n) is 2.20. The standard InChI is InChI=1S/C19H15Cl3N2O2.HNO3/c20-14-1-4-16(5-2-14)25-9-10-26-19(12-24-8-7-23-13-24)17-6-3-15(21)11-18(17)22;2-1(3)4/h1-8,11-13H,9-10H2;(H,2,3,4)/b19-12+;. The topological polar surface area (TPSA) is 99.7 Å². The van der Waals surface area contributed by atoms with E-state index in [1.165, 1.54) is 0 Å². The maximum Gasteiger partial charge on any atom is 0.291 e. The molecule has 0 radical (unpaired) electrons. The molecular formula is C19H16Cl3N3O5. The van der Waals surface area contributed by atoms with Crippen LogP contribution in [0.2, 0.25) is 15.1 Å². The molecule has 0 atom stereocenters. The van der Waals surface area contributed by atoms with Crippen molar-refractivity contribution in [3.63, 3.8) is 0 Å². The molecule has 1 heterocycles. The normalized spacial score (nSPS) is 10.7. The lowest BCUT2D eigenvalue weighted by atomic mass is 10.2. The zero-order chi connectivity index (χ0) is 21.9. The fourth-order valence-corrected chi connectivity index (χ4v) is 2.82. The predicted molar refractivity (Wildman–Crippen MR) is 115 cm³/mol. The molecule has 158 valence electrons. The summed E-state index contributed by atoms with van der Waals surface area (Å²) in [5.74, 6) is 1.31. The second-order valence-electron chi connectivity index (χ2n) is 5.52. The Hall–Kier alpha value is -2.94. The van der Waals surface area contributed by atoms with Gasteiger partial charge in [-0.2, -0.15) is 0 Å². The van der Waals surface area contributed by atoms with E-state index in [-0.39, 0.29) is 0 Å². The first-order chi connectivity index (χ1) is 14.3. The average molecular weight is 473 g/mol. The summed E-state index contributed by atoms with van der Waals surface area (Å²) in [7, 11) is 0. The van der Waals surface area contributed by atoms with Gasteiger partial charge in [-0.15, -0.1) is 10.1 Å². The molecule has 11 heteroatoms. The highest BCUT2D eigenvalue weighted by Gasteiger charge is 2.10. The van der Waals surface area contributed by atoms with Crippen LogP contribution in [0.25, 0.3) is 12.0 Å². The van der Waals surface area contributed by atoms with E-state index < -0.39 is 5.09 Å². The molecule has 0 aliphatic rings. The van der Waals surface area contributed by atoms with Gasteiger partial charge in [0, 0.05) is 28.0 Å². The minimum atomic E-state index is -1.50. The van der Waals surface area contributed by atoms with Gasteiger partial charge in [-0.25, -0.2) is 4.98 Å². The van der Waals surface area contributed by atoms with Crippen molar-refractivity contribution < 1.29 is 19.8 Å². The number of aromatic nitrogens is 2. The second kappa shape index (κ2) is 11.9. The zero-order valence-electron chi connectivity index (χ0n) is 15.3. The van der Waals surface area contributed by atoms with Crippen LogP contribution in [0.4, 0.5) is 0 Å². The maximum absolute atomic E-state index is 8.36. The summed E-state index contributed by atoms with van der Waals surface area (Å²) in [6, 6.07) is 12.4. The number of nitrogens with zero attached hydrogens (tertiary/aromatic N) is 3. The Kier molecular flexibility index (Phi) is 9.27. The Balaban J connectivity index is 0.000000735. The van der Waals surface area contributed by atoms with Crippen molar-refractivity contribution in [2.45, 2.75) is 0 Å². The Bertz CT molecular complexity index is 976. The van der Waals surface area contributed by atoms with Gasteiger partial charge in [-0.05, 0) is 42.5 Å². The van der Waals surface area contributed by atoms with Gasteiger partial charge >= 0.3 is 0 Å². The molecule has 0 saturated carbocycles. The summed E-state index contributed by atoms with van der Waals surface area (Å²) < 4.78 is 13.3. The molecule has 0 fully saturated rings. The van der Waals surface area contributed by atoms with Gasteiger partial charge in [-0.1, -0.05) is 34.8 Å². The summed E-state index contributed by atoms with van der Waals surface area (Å²) in [5, 5.41) is 15.4. The van der Waals surface area contributed by atoms with Gasteiger partial charge in [-0.3, -0.25) is 0 Å².